The number of aromatic nitrogens is 4. The Kier molecular flexibility index (Phi) is 4.01. The first-order valence-corrected chi connectivity index (χ1v) is 7.38. The van der Waals surface area contributed by atoms with Crippen molar-refractivity contribution in [1.29, 1.82) is 0 Å². The lowest BCUT2D eigenvalue weighted by atomic mass is 10.1. The van der Waals surface area contributed by atoms with Gasteiger partial charge in [-0.2, -0.15) is 5.10 Å². The molecular formula is C14H12BrN5O2. The number of fused-ring (bicyclic) bond motifs is 1. The van der Waals surface area contributed by atoms with Crippen LogP contribution in [0.5, 0.6) is 0 Å². The van der Waals surface area contributed by atoms with Gasteiger partial charge in [-0.15, -0.1) is 0 Å². The molecule has 3 heterocycles. The van der Waals surface area contributed by atoms with Crippen LogP contribution in [0.4, 0.5) is 5.82 Å². The molecule has 3 aromatic heterocycles. The first-order valence-electron chi connectivity index (χ1n) is 6.59. The number of nitrogens with zero attached hydrogens (tertiary/aromatic N) is 2. The van der Waals surface area contributed by atoms with Crippen molar-refractivity contribution in [3.05, 3.63) is 51.1 Å². The fourth-order valence-electron chi connectivity index (χ4n) is 2.04. The van der Waals surface area contributed by atoms with Crippen molar-refractivity contribution in [3.63, 3.8) is 0 Å². The number of anilines is 1. The Morgan fingerprint density at radius 3 is 3.00 bits per heavy atom. The van der Waals surface area contributed by atoms with Crippen LogP contribution in [-0.2, 0) is 11.2 Å². The molecule has 0 bridgehead atoms. The summed E-state index contributed by atoms with van der Waals surface area (Å²) in [7, 11) is 0. The van der Waals surface area contributed by atoms with Crippen LogP contribution in [0.25, 0.3) is 10.9 Å². The van der Waals surface area contributed by atoms with Crippen molar-refractivity contribution >= 4 is 38.6 Å². The summed E-state index contributed by atoms with van der Waals surface area (Å²) in [5, 5.41) is 10.5. The topological polar surface area (TPSA) is 104 Å². The highest BCUT2D eigenvalue weighted by Crippen LogP contribution is 2.22. The van der Waals surface area contributed by atoms with Crippen LogP contribution < -0.4 is 10.9 Å². The van der Waals surface area contributed by atoms with E-state index in [1.54, 1.807) is 24.5 Å². The van der Waals surface area contributed by atoms with Crippen molar-refractivity contribution in [2.75, 3.05) is 5.32 Å². The highest BCUT2D eigenvalue weighted by molar-refractivity contribution is 9.10. The quantitative estimate of drug-likeness (QED) is 0.618. The predicted octanol–water partition coefficient (Wildman–Crippen LogP) is 1.98. The molecule has 112 valence electrons. The van der Waals surface area contributed by atoms with Crippen molar-refractivity contribution in [1.82, 2.24) is 20.2 Å². The molecule has 7 nitrogen and oxygen atoms in total. The van der Waals surface area contributed by atoms with E-state index in [9.17, 15) is 9.59 Å². The summed E-state index contributed by atoms with van der Waals surface area (Å²) < 4.78 is 0.671. The second kappa shape index (κ2) is 6.10. The van der Waals surface area contributed by atoms with Gasteiger partial charge >= 0.3 is 0 Å². The third kappa shape index (κ3) is 3.22. The number of amides is 1. The molecule has 0 aliphatic rings. The lowest BCUT2D eigenvalue weighted by molar-refractivity contribution is -0.116. The summed E-state index contributed by atoms with van der Waals surface area (Å²) in [5.41, 5.74) is 1.49. The monoisotopic (exact) mass is 361 g/mol. The van der Waals surface area contributed by atoms with Gasteiger partial charge in [0.25, 0.3) is 0 Å². The lowest BCUT2D eigenvalue weighted by Gasteiger charge is -2.03. The maximum Gasteiger partial charge on any atom is 0.247 e. The van der Waals surface area contributed by atoms with Crippen LogP contribution in [0.3, 0.4) is 0 Å². The fraction of sp³-hybridized carbons (Fsp3) is 0.143. The van der Waals surface area contributed by atoms with Crippen LogP contribution in [0.2, 0.25) is 0 Å². The maximum absolute atomic E-state index is 12.0. The molecule has 0 spiro atoms. The number of H-pyrrole nitrogens is 2. The van der Waals surface area contributed by atoms with Crippen molar-refractivity contribution in [2.45, 2.75) is 12.8 Å². The second-order valence-electron chi connectivity index (χ2n) is 4.73. The van der Waals surface area contributed by atoms with Gasteiger partial charge in [-0.05, 0) is 34.0 Å². The third-order valence-electron chi connectivity index (χ3n) is 3.16. The van der Waals surface area contributed by atoms with E-state index in [0.29, 0.717) is 23.3 Å². The predicted molar refractivity (Wildman–Crippen MR) is 85.6 cm³/mol. The normalized spacial score (nSPS) is 10.8. The number of pyridine rings is 2. The third-order valence-corrected chi connectivity index (χ3v) is 3.59. The minimum atomic E-state index is -0.157. The first-order chi connectivity index (χ1) is 10.6. The van der Waals surface area contributed by atoms with Gasteiger partial charge in [0.2, 0.25) is 11.5 Å². The van der Waals surface area contributed by atoms with Crippen LogP contribution in [-0.4, -0.2) is 26.1 Å². The van der Waals surface area contributed by atoms with Gasteiger partial charge in [0.15, 0.2) is 5.82 Å². The zero-order valence-electron chi connectivity index (χ0n) is 11.4. The molecule has 0 aliphatic carbocycles. The number of carbonyl (C=O) groups excluding carboxylic acids is 1. The number of hydrogen-bond donors (Lipinski definition) is 3. The van der Waals surface area contributed by atoms with Gasteiger partial charge in [0.1, 0.15) is 4.60 Å². The Bertz CT molecular complexity index is 866. The molecule has 0 atom stereocenters. The Labute approximate surface area is 133 Å². The van der Waals surface area contributed by atoms with Gasteiger partial charge in [-0.1, -0.05) is 6.07 Å². The molecule has 0 aliphatic heterocycles. The Morgan fingerprint density at radius 2 is 2.23 bits per heavy atom. The van der Waals surface area contributed by atoms with Crippen molar-refractivity contribution < 1.29 is 4.79 Å². The van der Waals surface area contributed by atoms with Gasteiger partial charge in [0.05, 0.1) is 11.7 Å². The van der Waals surface area contributed by atoms with Crippen LogP contribution in [0.1, 0.15) is 12.0 Å². The average Bonchev–Trinajstić information content (AvgIpc) is 2.89. The molecule has 0 unspecified atom stereocenters. The molecule has 3 N–H and O–H groups in total. The average molecular weight is 362 g/mol. The highest BCUT2D eigenvalue weighted by atomic mass is 79.9. The lowest BCUT2D eigenvalue weighted by Crippen LogP contribution is -2.13. The number of carbonyl (C=O) groups is 1. The summed E-state index contributed by atoms with van der Waals surface area (Å²) in [6.45, 7) is 0. The van der Waals surface area contributed by atoms with Crippen molar-refractivity contribution in [2.24, 2.45) is 0 Å². The second-order valence-corrected chi connectivity index (χ2v) is 5.55. The fourth-order valence-corrected chi connectivity index (χ4v) is 2.37. The zero-order valence-corrected chi connectivity index (χ0v) is 13.0. The van der Waals surface area contributed by atoms with Crippen LogP contribution in [0, 0.1) is 0 Å². The summed E-state index contributed by atoms with van der Waals surface area (Å²) in [6, 6.07) is 4.94. The SMILES string of the molecule is O=C(CCc1ccc(=O)[nH]c1)Nc1n[nH]c2cnc(Br)cc12. The van der Waals surface area contributed by atoms with E-state index in [0.717, 1.165) is 16.5 Å². The van der Waals surface area contributed by atoms with E-state index in [1.807, 2.05) is 0 Å². The van der Waals surface area contributed by atoms with Crippen LogP contribution in [0.15, 0.2) is 40.0 Å². The summed E-state index contributed by atoms with van der Waals surface area (Å²) in [5.74, 6) is 0.331. The van der Waals surface area contributed by atoms with E-state index >= 15 is 0 Å². The van der Waals surface area contributed by atoms with Gasteiger partial charge < -0.3 is 10.3 Å². The Balaban J connectivity index is 1.66. The van der Waals surface area contributed by atoms with Crippen LogP contribution >= 0.6 is 15.9 Å². The number of rotatable bonds is 4. The van der Waals surface area contributed by atoms with E-state index in [-0.39, 0.29) is 11.5 Å². The summed E-state index contributed by atoms with van der Waals surface area (Å²) >= 11 is 3.29. The van der Waals surface area contributed by atoms with E-state index in [4.69, 9.17) is 0 Å². The number of aryl methyl sites for hydroxylation is 1. The molecule has 8 heteroatoms. The molecule has 0 fully saturated rings. The zero-order chi connectivity index (χ0) is 15.5. The molecule has 3 rings (SSSR count). The Morgan fingerprint density at radius 1 is 1.36 bits per heavy atom. The maximum atomic E-state index is 12.0. The number of hydrogen-bond acceptors (Lipinski definition) is 4. The smallest absolute Gasteiger partial charge is 0.247 e. The van der Waals surface area contributed by atoms with Gasteiger partial charge in [-0.3, -0.25) is 14.7 Å². The number of nitrogens with one attached hydrogen (secondary N) is 3. The Hall–Kier alpha value is -2.48. The largest absolute Gasteiger partial charge is 0.329 e. The minimum Gasteiger partial charge on any atom is -0.329 e. The highest BCUT2D eigenvalue weighted by Gasteiger charge is 2.10. The van der Waals surface area contributed by atoms with Gasteiger partial charge in [-0.25, -0.2) is 4.98 Å². The number of aromatic amines is 2. The molecule has 22 heavy (non-hydrogen) atoms. The summed E-state index contributed by atoms with van der Waals surface area (Å²) in [4.78, 5) is 29.7. The standard InChI is InChI=1S/C14H12BrN5O2/c15-11-5-9-10(7-16-11)19-20-14(9)18-13(22)4-2-8-1-3-12(21)17-6-8/h1,3,5-7H,2,4H2,(H,17,21)(H2,18,19,20,22). The molecule has 0 saturated carbocycles. The van der Waals surface area contributed by atoms with Gasteiger partial charge in [0, 0.05) is 24.1 Å². The first kappa shape index (κ1) is 14.5. The molecule has 0 radical (unpaired) electrons. The molecule has 0 aromatic carbocycles. The molecule has 0 saturated heterocycles. The molecule has 3 aromatic rings. The van der Waals surface area contributed by atoms with E-state index < -0.39 is 0 Å². The molecular weight excluding hydrogens is 350 g/mol. The van der Waals surface area contributed by atoms with Crippen molar-refractivity contribution in [3.8, 4) is 0 Å². The van der Waals surface area contributed by atoms with E-state index in [2.05, 4.69) is 41.4 Å². The summed E-state index contributed by atoms with van der Waals surface area (Å²) in [6.07, 6.45) is 4.09. The molecule has 1 amide bonds. The minimum absolute atomic E-state index is 0.146. The van der Waals surface area contributed by atoms with E-state index in [1.165, 1.54) is 6.07 Å². The number of halogens is 1.